The van der Waals surface area contributed by atoms with E-state index in [1.54, 1.807) is 0 Å². The molecule has 0 amide bonds. The van der Waals surface area contributed by atoms with E-state index in [9.17, 15) is 0 Å². The molecule has 2 aromatic heterocycles. The summed E-state index contributed by atoms with van der Waals surface area (Å²) in [5.74, 6) is 0.731. The number of aromatic nitrogens is 2. The molecule has 0 bridgehead atoms. The van der Waals surface area contributed by atoms with Crippen LogP contribution in [0, 0.1) is 6.92 Å². The summed E-state index contributed by atoms with van der Waals surface area (Å²) in [6, 6.07) is 4.53. The lowest BCUT2D eigenvalue weighted by Crippen LogP contribution is -2.15. The lowest BCUT2D eigenvalue weighted by molar-refractivity contribution is 0.494. The van der Waals surface area contributed by atoms with Gasteiger partial charge in [0.25, 0.3) is 0 Å². The van der Waals surface area contributed by atoms with Crippen LogP contribution in [-0.4, -0.2) is 16.0 Å². The van der Waals surface area contributed by atoms with Crippen LogP contribution in [0.4, 0.5) is 0 Å². The van der Waals surface area contributed by atoms with Gasteiger partial charge in [-0.25, -0.2) is 4.98 Å². The normalized spacial score (nSPS) is 16.1. The summed E-state index contributed by atoms with van der Waals surface area (Å²) in [5, 5.41) is 3.36. The van der Waals surface area contributed by atoms with E-state index in [0.717, 1.165) is 17.2 Å². The highest BCUT2D eigenvalue weighted by atomic mass is 16.3. The Kier molecular flexibility index (Phi) is 1.95. The van der Waals surface area contributed by atoms with Crippen LogP contribution in [-0.2, 0) is 6.54 Å². The molecule has 1 N–H and O–H groups in total. The van der Waals surface area contributed by atoms with Gasteiger partial charge >= 0.3 is 0 Å². The molecule has 3 rings (SSSR count). The van der Waals surface area contributed by atoms with Crippen LogP contribution in [0.2, 0.25) is 0 Å². The number of aryl methyl sites for hydroxylation is 1. The van der Waals surface area contributed by atoms with Crippen LogP contribution in [0.1, 0.15) is 24.4 Å². The molecule has 15 heavy (non-hydrogen) atoms. The number of oxazole rings is 1. The minimum Gasteiger partial charge on any atom is -0.438 e. The van der Waals surface area contributed by atoms with Gasteiger partial charge in [0.1, 0.15) is 0 Å². The molecular formula is C11H13N3O. The van der Waals surface area contributed by atoms with Crippen molar-refractivity contribution in [3.63, 3.8) is 0 Å². The predicted molar refractivity (Wildman–Crippen MR) is 56.4 cm³/mol. The van der Waals surface area contributed by atoms with Crippen molar-refractivity contribution in [1.82, 2.24) is 15.3 Å². The van der Waals surface area contributed by atoms with E-state index < -0.39 is 0 Å². The van der Waals surface area contributed by atoms with E-state index in [0.29, 0.717) is 18.2 Å². The third-order valence-corrected chi connectivity index (χ3v) is 2.56. The SMILES string of the molecule is Cc1ccc2oc(CNC3CC3)nc2n1. The molecule has 1 aliphatic carbocycles. The monoisotopic (exact) mass is 203 g/mol. The second kappa shape index (κ2) is 3.31. The van der Waals surface area contributed by atoms with Crippen LogP contribution in [0.25, 0.3) is 11.2 Å². The average molecular weight is 203 g/mol. The predicted octanol–water partition coefficient (Wildman–Crippen LogP) is 1.78. The zero-order valence-corrected chi connectivity index (χ0v) is 8.66. The quantitative estimate of drug-likeness (QED) is 0.826. The Hall–Kier alpha value is -1.42. The van der Waals surface area contributed by atoms with Crippen molar-refractivity contribution < 1.29 is 4.42 Å². The molecule has 0 radical (unpaired) electrons. The first-order chi connectivity index (χ1) is 7.31. The molecule has 4 nitrogen and oxygen atoms in total. The van der Waals surface area contributed by atoms with Gasteiger partial charge < -0.3 is 9.73 Å². The molecule has 0 atom stereocenters. The smallest absolute Gasteiger partial charge is 0.211 e. The van der Waals surface area contributed by atoms with Crippen molar-refractivity contribution in [3.05, 3.63) is 23.7 Å². The maximum absolute atomic E-state index is 5.57. The van der Waals surface area contributed by atoms with Crippen LogP contribution in [0.5, 0.6) is 0 Å². The van der Waals surface area contributed by atoms with Gasteiger partial charge in [-0.05, 0) is 31.9 Å². The third kappa shape index (κ3) is 1.85. The Morgan fingerprint density at radius 2 is 2.27 bits per heavy atom. The largest absolute Gasteiger partial charge is 0.438 e. The van der Waals surface area contributed by atoms with Crippen molar-refractivity contribution in [2.75, 3.05) is 0 Å². The molecule has 0 aliphatic heterocycles. The van der Waals surface area contributed by atoms with E-state index in [1.807, 2.05) is 19.1 Å². The molecule has 0 aromatic carbocycles. The highest BCUT2D eigenvalue weighted by Gasteiger charge is 2.21. The molecule has 78 valence electrons. The Balaban J connectivity index is 1.84. The van der Waals surface area contributed by atoms with Gasteiger partial charge in [0.05, 0.1) is 6.54 Å². The van der Waals surface area contributed by atoms with E-state index in [1.165, 1.54) is 12.8 Å². The minimum absolute atomic E-state index is 0.676. The Morgan fingerprint density at radius 1 is 1.40 bits per heavy atom. The summed E-state index contributed by atoms with van der Waals surface area (Å²) < 4.78 is 5.57. The first-order valence-corrected chi connectivity index (χ1v) is 5.28. The zero-order chi connectivity index (χ0) is 10.3. The Morgan fingerprint density at radius 3 is 3.07 bits per heavy atom. The van der Waals surface area contributed by atoms with E-state index in [2.05, 4.69) is 15.3 Å². The lowest BCUT2D eigenvalue weighted by Gasteiger charge is -1.95. The van der Waals surface area contributed by atoms with Crippen LogP contribution in [0.15, 0.2) is 16.5 Å². The third-order valence-electron chi connectivity index (χ3n) is 2.56. The number of nitrogens with one attached hydrogen (secondary N) is 1. The van der Waals surface area contributed by atoms with E-state index >= 15 is 0 Å². The average Bonchev–Trinajstić information content (AvgIpc) is 2.95. The fraction of sp³-hybridized carbons (Fsp3) is 0.455. The van der Waals surface area contributed by atoms with Gasteiger partial charge in [-0.15, -0.1) is 0 Å². The van der Waals surface area contributed by atoms with Crippen molar-refractivity contribution in [2.24, 2.45) is 0 Å². The van der Waals surface area contributed by atoms with Crippen molar-refractivity contribution in [3.8, 4) is 0 Å². The van der Waals surface area contributed by atoms with Crippen molar-refractivity contribution >= 4 is 11.2 Å². The van der Waals surface area contributed by atoms with E-state index in [4.69, 9.17) is 4.42 Å². The maximum atomic E-state index is 5.57. The Bertz CT molecular complexity index is 488. The number of hydrogen-bond acceptors (Lipinski definition) is 4. The molecule has 0 unspecified atom stereocenters. The van der Waals surface area contributed by atoms with Crippen LogP contribution >= 0.6 is 0 Å². The topological polar surface area (TPSA) is 51.0 Å². The zero-order valence-electron chi connectivity index (χ0n) is 8.66. The standard InChI is InChI=1S/C11H13N3O/c1-7-2-5-9-11(13-7)14-10(15-9)6-12-8-3-4-8/h2,5,8,12H,3-4,6H2,1H3. The number of rotatable bonds is 3. The summed E-state index contributed by atoms with van der Waals surface area (Å²) in [4.78, 5) is 8.64. The van der Waals surface area contributed by atoms with Gasteiger partial charge in [-0.1, -0.05) is 0 Å². The first-order valence-electron chi connectivity index (χ1n) is 5.28. The summed E-state index contributed by atoms with van der Waals surface area (Å²) in [5.41, 5.74) is 2.45. The van der Waals surface area contributed by atoms with E-state index in [-0.39, 0.29) is 0 Å². The second-order valence-electron chi connectivity index (χ2n) is 4.04. The molecule has 2 aromatic rings. The fourth-order valence-electron chi connectivity index (χ4n) is 1.55. The van der Waals surface area contributed by atoms with Gasteiger partial charge in [-0.3, -0.25) is 0 Å². The molecule has 0 spiro atoms. The number of nitrogens with zero attached hydrogens (tertiary/aromatic N) is 2. The van der Waals surface area contributed by atoms with Crippen LogP contribution in [0.3, 0.4) is 0 Å². The molecule has 0 saturated heterocycles. The molecule has 1 saturated carbocycles. The van der Waals surface area contributed by atoms with Gasteiger partial charge in [0, 0.05) is 11.7 Å². The van der Waals surface area contributed by atoms with Crippen molar-refractivity contribution in [2.45, 2.75) is 32.4 Å². The molecule has 1 fully saturated rings. The number of fused-ring (bicyclic) bond motifs is 1. The Labute approximate surface area is 87.7 Å². The summed E-state index contributed by atoms with van der Waals surface area (Å²) in [6.07, 6.45) is 2.55. The summed E-state index contributed by atoms with van der Waals surface area (Å²) in [7, 11) is 0. The lowest BCUT2D eigenvalue weighted by atomic mass is 10.4. The van der Waals surface area contributed by atoms with Crippen molar-refractivity contribution in [1.29, 1.82) is 0 Å². The summed E-state index contributed by atoms with van der Waals surface area (Å²) in [6.45, 7) is 2.66. The molecule has 2 heterocycles. The van der Waals surface area contributed by atoms with Crippen LogP contribution < -0.4 is 5.32 Å². The second-order valence-corrected chi connectivity index (χ2v) is 4.04. The molecule has 1 aliphatic rings. The van der Waals surface area contributed by atoms with Gasteiger partial charge in [0.15, 0.2) is 11.2 Å². The fourth-order valence-corrected chi connectivity index (χ4v) is 1.55. The first kappa shape index (κ1) is 8.85. The number of pyridine rings is 1. The van der Waals surface area contributed by atoms with Gasteiger partial charge in [0.2, 0.25) is 5.89 Å². The molecule has 4 heteroatoms. The highest BCUT2D eigenvalue weighted by molar-refractivity contribution is 5.67. The minimum atomic E-state index is 0.676. The molecular weight excluding hydrogens is 190 g/mol. The highest BCUT2D eigenvalue weighted by Crippen LogP contribution is 2.20. The number of hydrogen-bond donors (Lipinski definition) is 1. The maximum Gasteiger partial charge on any atom is 0.211 e. The van der Waals surface area contributed by atoms with Gasteiger partial charge in [-0.2, -0.15) is 4.98 Å². The summed E-state index contributed by atoms with van der Waals surface area (Å²) >= 11 is 0.